The molecule has 94 valence electrons. The van der Waals surface area contributed by atoms with Crippen LogP contribution in [0.3, 0.4) is 0 Å². The summed E-state index contributed by atoms with van der Waals surface area (Å²) in [5, 5.41) is 10.7. The third-order valence-corrected chi connectivity index (χ3v) is 4.03. The van der Waals surface area contributed by atoms with E-state index in [-0.39, 0.29) is 5.54 Å². The van der Waals surface area contributed by atoms with Gasteiger partial charge in [0.1, 0.15) is 11.9 Å². The molecule has 0 aromatic carbocycles. The fraction of sp³-hybridized carbons (Fsp3) is 0.615. The van der Waals surface area contributed by atoms with Crippen molar-refractivity contribution in [3.63, 3.8) is 0 Å². The lowest BCUT2D eigenvalue weighted by Crippen LogP contribution is -2.47. The third-order valence-electron chi connectivity index (χ3n) is 4.03. The maximum absolute atomic E-state index is 10.7. The smallest absolute Gasteiger partial charge is 0.129 e. The Bertz CT molecular complexity index is 386. The van der Waals surface area contributed by atoms with Gasteiger partial charge in [-0.25, -0.2) is 4.98 Å². The number of nitrogen functional groups attached to an aromatic ring is 1. The molecule has 4 nitrogen and oxygen atoms in total. The van der Waals surface area contributed by atoms with E-state index in [1.54, 1.807) is 6.20 Å². The monoisotopic (exact) mass is 235 g/mol. The molecular formula is C13H21N3O. The molecule has 1 aromatic rings. The average molecular weight is 235 g/mol. The zero-order valence-electron chi connectivity index (χ0n) is 10.6. The Labute approximate surface area is 102 Å². The lowest BCUT2D eigenvalue weighted by atomic mass is 9.85. The van der Waals surface area contributed by atoms with Gasteiger partial charge in [-0.1, -0.05) is 18.9 Å². The summed E-state index contributed by atoms with van der Waals surface area (Å²) in [5.74, 6) is 0.438. The number of aliphatic hydroxyl groups excluding tert-OH is 1. The molecule has 1 unspecified atom stereocenters. The molecule has 17 heavy (non-hydrogen) atoms. The molecule has 1 aliphatic rings. The summed E-state index contributed by atoms with van der Waals surface area (Å²) in [5.41, 5.74) is 6.43. The number of nitrogens with zero attached hydrogens (tertiary/aromatic N) is 2. The molecule has 0 amide bonds. The lowest BCUT2D eigenvalue weighted by molar-refractivity contribution is -0.00445. The van der Waals surface area contributed by atoms with Crippen LogP contribution in [0.15, 0.2) is 18.3 Å². The van der Waals surface area contributed by atoms with Gasteiger partial charge in [-0.15, -0.1) is 0 Å². The fourth-order valence-electron chi connectivity index (χ4n) is 2.90. The predicted octanol–water partition coefficient (Wildman–Crippen LogP) is 1.57. The molecule has 1 atom stereocenters. The van der Waals surface area contributed by atoms with Gasteiger partial charge in [0.05, 0.1) is 5.54 Å². The molecule has 0 radical (unpaired) electrons. The van der Waals surface area contributed by atoms with E-state index in [1.165, 1.54) is 0 Å². The Balaban J connectivity index is 2.35. The summed E-state index contributed by atoms with van der Waals surface area (Å²) in [6, 6.07) is 3.70. The first kappa shape index (κ1) is 12.3. The minimum Gasteiger partial charge on any atom is -0.386 e. The Hall–Kier alpha value is -1.13. The third kappa shape index (κ3) is 2.03. The maximum Gasteiger partial charge on any atom is 0.129 e. The lowest BCUT2D eigenvalue weighted by Gasteiger charge is -2.40. The van der Waals surface area contributed by atoms with Gasteiger partial charge in [0.15, 0.2) is 0 Å². The molecule has 1 aliphatic carbocycles. The molecule has 1 aromatic heterocycles. The second-order valence-electron chi connectivity index (χ2n) is 5.09. The number of rotatable bonds is 3. The predicted molar refractivity (Wildman–Crippen MR) is 68.5 cm³/mol. The minimum absolute atomic E-state index is 0.183. The minimum atomic E-state index is -0.561. The number of aliphatic hydroxyl groups is 1. The summed E-state index contributed by atoms with van der Waals surface area (Å²) >= 11 is 0. The van der Waals surface area contributed by atoms with Crippen molar-refractivity contribution in [3.8, 4) is 0 Å². The van der Waals surface area contributed by atoms with Crippen LogP contribution < -0.4 is 5.73 Å². The van der Waals surface area contributed by atoms with Gasteiger partial charge >= 0.3 is 0 Å². The number of pyridine rings is 1. The number of aromatic nitrogens is 1. The van der Waals surface area contributed by atoms with Crippen LogP contribution >= 0.6 is 0 Å². The second-order valence-corrected chi connectivity index (χ2v) is 5.09. The quantitative estimate of drug-likeness (QED) is 0.835. The van der Waals surface area contributed by atoms with Crippen LogP contribution in [0.4, 0.5) is 5.82 Å². The molecule has 1 fully saturated rings. The highest BCUT2D eigenvalue weighted by molar-refractivity contribution is 5.41. The number of hydrogen-bond acceptors (Lipinski definition) is 4. The highest BCUT2D eigenvalue weighted by Crippen LogP contribution is 2.44. The molecule has 1 saturated carbocycles. The van der Waals surface area contributed by atoms with Gasteiger partial charge in [0.25, 0.3) is 0 Å². The SMILES string of the molecule is CN(C)C1(C(O)c2cccnc2N)CCCC1. The molecule has 3 N–H and O–H groups in total. The second kappa shape index (κ2) is 4.63. The fourth-order valence-corrected chi connectivity index (χ4v) is 2.90. The molecule has 1 heterocycles. The zero-order chi connectivity index (χ0) is 12.5. The van der Waals surface area contributed by atoms with Crippen LogP contribution in [0.5, 0.6) is 0 Å². The van der Waals surface area contributed by atoms with E-state index in [0.29, 0.717) is 5.82 Å². The number of hydrogen-bond donors (Lipinski definition) is 2. The van der Waals surface area contributed by atoms with Crippen molar-refractivity contribution in [2.45, 2.75) is 37.3 Å². The topological polar surface area (TPSA) is 62.4 Å². The summed E-state index contributed by atoms with van der Waals surface area (Å²) in [4.78, 5) is 6.20. The molecule has 4 heteroatoms. The Morgan fingerprint density at radius 3 is 2.59 bits per heavy atom. The summed E-state index contributed by atoms with van der Waals surface area (Å²) in [6.07, 6.45) is 5.44. The molecule has 0 bridgehead atoms. The first-order valence-corrected chi connectivity index (χ1v) is 6.14. The van der Waals surface area contributed by atoms with E-state index in [2.05, 4.69) is 9.88 Å². The Morgan fingerprint density at radius 2 is 2.06 bits per heavy atom. The van der Waals surface area contributed by atoms with Gasteiger partial charge in [0, 0.05) is 11.8 Å². The highest BCUT2D eigenvalue weighted by atomic mass is 16.3. The zero-order valence-corrected chi connectivity index (χ0v) is 10.6. The molecule has 2 rings (SSSR count). The first-order chi connectivity index (χ1) is 8.08. The van der Waals surface area contributed by atoms with E-state index < -0.39 is 6.10 Å². The first-order valence-electron chi connectivity index (χ1n) is 6.14. The van der Waals surface area contributed by atoms with Crippen LogP contribution in [0.25, 0.3) is 0 Å². The van der Waals surface area contributed by atoms with Crippen molar-refractivity contribution in [3.05, 3.63) is 23.9 Å². The molecule has 0 aliphatic heterocycles. The van der Waals surface area contributed by atoms with Crippen LogP contribution in [0.1, 0.15) is 37.4 Å². The Kier molecular flexibility index (Phi) is 3.35. The van der Waals surface area contributed by atoms with Crippen LogP contribution in [-0.2, 0) is 0 Å². The summed E-state index contributed by atoms with van der Waals surface area (Å²) in [6.45, 7) is 0. The molecular weight excluding hydrogens is 214 g/mol. The van der Waals surface area contributed by atoms with Crippen molar-refractivity contribution < 1.29 is 5.11 Å². The van der Waals surface area contributed by atoms with Crippen molar-refractivity contribution in [1.29, 1.82) is 0 Å². The van der Waals surface area contributed by atoms with Gasteiger partial charge in [-0.3, -0.25) is 0 Å². The largest absolute Gasteiger partial charge is 0.386 e. The summed E-state index contributed by atoms with van der Waals surface area (Å²) in [7, 11) is 4.06. The number of anilines is 1. The maximum atomic E-state index is 10.7. The summed E-state index contributed by atoms with van der Waals surface area (Å²) < 4.78 is 0. The van der Waals surface area contributed by atoms with Gasteiger partial charge in [-0.05, 0) is 33.0 Å². The van der Waals surface area contributed by atoms with Gasteiger partial charge < -0.3 is 15.7 Å². The number of likely N-dealkylation sites (N-methyl/N-ethyl adjacent to an activating group) is 1. The van der Waals surface area contributed by atoms with Crippen molar-refractivity contribution in [2.24, 2.45) is 0 Å². The standard InChI is InChI=1S/C13H21N3O/c1-16(2)13(7-3-4-8-13)11(17)10-6-5-9-15-12(10)14/h5-6,9,11,17H,3-4,7-8H2,1-2H3,(H2,14,15). The van der Waals surface area contributed by atoms with Crippen LogP contribution in [-0.4, -0.2) is 34.6 Å². The van der Waals surface area contributed by atoms with E-state index >= 15 is 0 Å². The van der Waals surface area contributed by atoms with Crippen LogP contribution in [0, 0.1) is 0 Å². The Morgan fingerprint density at radius 1 is 1.41 bits per heavy atom. The van der Waals surface area contributed by atoms with E-state index in [1.807, 2.05) is 26.2 Å². The van der Waals surface area contributed by atoms with Crippen LogP contribution in [0.2, 0.25) is 0 Å². The van der Waals surface area contributed by atoms with Crippen molar-refractivity contribution in [2.75, 3.05) is 19.8 Å². The van der Waals surface area contributed by atoms with Gasteiger partial charge in [-0.2, -0.15) is 0 Å². The normalized spacial score (nSPS) is 20.7. The van der Waals surface area contributed by atoms with Crippen molar-refractivity contribution in [1.82, 2.24) is 9.88 Å². The van der Waals surface area contributed by atoms with E-state index in [4.69, 9.17) is 5.73 Å². The van der Waals surface area contributed by atoms with Gasteiger partial charge in [0.2, 0.25) is 0 Å². The van der Waals surface area contributed by atoms with Crippen molar-refractivity contribution >= 4 is 5.82 Å². The highest BCUT2D eigenvalue weighted by Gasteiger charge is 2.43. The molecule has 0 saturated heterocycles. The van der Waals surface area contributed by atoms with E-state index in [9.17, 15) is 5.11 Å². The molecule has 0 spiro atoms. The van der Waals surface area contributed by atoms with E-state index in [0.717, 1.165) is 31.2 Å². The average Bonchev–Trinajstić information content (AvgIpc) is 2.79. The number of nitrogens with two attached hydrogens (primary N) is 1.